The Bertz CT molecular complexity index is 659. The zero-order valence-electron chi connectivity index (χ0n) is 11.9. The normalized spacial score (nSPS) is 11.1. The number of nitro groups is 1. The van der Waals surface area contributed by atoms with E-state index in [0.717, 1.165) is 0 Å². The predicted molar refractivity (Wildman–Crippen MR) is 86.2 cm³/mol. The molecule has 3 aromatic carbocycles. The van der Waals surface area contributed by atoms with Crippen molar-refractivity contribution in [3.8, 4) is 0 Å². The van der Waals surface area contributed by atoms with E-state index < -0.39 is 5.54 Å². The van der Waals surface area contributed by atoms with Gasteiger partial charge in [0.2, 0.25) is 0 Å². The summed E-state index contributed by atoms with van der Waals surface area (Å²) in [6, 6.07) is 27.4. The molecule has 0 saturated carbocycles. The monoisotopic (exact) mass is 289 g/mol. The zero-order valence-corrected chi connectivity index (χ0v) is 11.9. The Morgan fingerprint density at radius 1 is 0.591 bits per heavy atom. The van der Waals surface area contributed by atoms with Crippen LogP contribution >= 0.6 is 0 Å². The number of hydrogen-bond donors (Lipinski definition) is 0. The first-order valence-electron chi connectivity index (χ1n) is 7.07. The second-order valence-electron chi connectivity index (χ2n) is 5.07. The van der Waals surface area contributed by atoms with Crippen molar-refractivity contribution >= 4 is 0 Å². The van der Waals surface area contributed by atoms with Crippen LogP contribution in [0.5, 0.6) is 0 Å². The molecule has 0 heterocycles. The summed E-state index contributed by atoms with van der Waals surface area (Å²) in [5.41, 5.74) is 0.552. The first kappa shape index (κ1) is 14.0. The molecule has 3 rings (SSSR count). The van der Waals surface area contributed by atoms with Crippen LogP contribution in [0, 0.1) is 10.1 Å². The van der Waals surface area contributed by atoms with Gasteiger partial charge in [0, 0.05) is 21.6 Å². The van der Waals surface area contributed by atoms with Crippen molar-refractivity contribution in [1.82, 2.24) is 0 Å². The van der Waals surface area contributed by atoms with Crippen molar-refractivity contribution in [1.29, 1.82) is 0 Å². The van der Waals surface area contributed by atoms with E-state index in [-0.39, 0.29) is 4.92 Å². The van der Waals surface area contributed by atoms with Gasteiger partial charge in [0.25, 0.3) is 5.54 Å². The molecule has 0 aromatic heterocycles. The van der Waals surface area contributed by atoms with Crippen molar-refractivity contribution in [2.24, 2.45) is 0 Å². The summed E-state index contributed by atoms with van der Waals surface area (Å²) in [4.78, 5) is 12.0. The van der Waals surface area contributed by atoms with Crippen molar-refractivity contribution in [3.05, 3.63) is 118 Å². The fourth-order valence-corrected chi connectivity index (χ4v) is 2.85. The highest BCUT2D eigenvalue weighted by atomic mass is 16.6. The van der Waals surface area contributed by atoms with E-state index in [9.17, 15) is 10.1 Å². The van der Waals surface area contributed by atoms with E-state index in [2.05, 4.69) is 0 Å². The van der Waals surface area contributed by atoms with Gasteiger partial charge in [0.1, 0.15) is 0 Å². The summed E-state index contributed by atoms with van der Waals surface area (Å²) >= 11 is 0. The number of rotatable bonds is 4. The molecule has 108 valence electrons. The topological polar surface area (TPSA) is 43.1 Å². The van der Waals surface area contributed by atoms with E-state index in [0.29, 0.717) is 16.7 Å². The molecule has 0 N–H and O–H groups in total. The van der Waals surface area contributed by atoms with Gasteiger partial charge >= 0.3 is 0 Å². The highest BCUT2D eigenvalue weighted by molar-refractivity contribution is 5.46. The molecule has 0 saturated heterocycles. The Balaban J connectivity index is 2.37. The molecular weight excluding hydrogens is 274 g/mol. The predicted octanol–water partition coefficient (Wildman–Crippen LogP) is 4.26. The maximum Gasteiger partial charge on any atom is 0.297 e. The SMILES string of the molecule is O=[N+]([O-])C(c1ccccc1)(c1ccccc1)c1ccccc1. The van der Waals surface area contributed by atoms with Gasteiger partial charge < -0.3 is 0 Å². The summed E-state index contributed by atoms with van der Waals surface area (Å²) in [6.07, 6.45) is 0. The molecular formula is C19H15NO2. The average Bonchev–Trinajstić information content (AvgIpc) is 2.58. The van der Waals surface area contributed by atoms with Crippen molar-refractivity contribution in [2.45, 2.75) is 5.54 Å². The molecule has 3 heteroatoms. The molecule has 0 unspecified atom stereocenters. The van der Waals surface area contributed by atoms with Gasteiger partial charge in [-0.15, -0.1) is 0 Å². The van der Waals surface area contributed by atoms with E-state index in [1.807, 2.05) is 91.0 Å². The summed E-state index contributed by atoms with van der Waals surface area (Å²) < 4.78 is 0. The lowest BCUT2D eigenvalue weighted by molar-refractivity contribution is -0.553. The van der Waals surface area contributed by atoms with Crippen LogP contribution in [0.2, 0.25) is 0 Å². The van der Waals surface area contributed by atoms with E-state index in [4.69, 9.17) is 0 Å². The van der Waals surface area contributed by atoms with Crippen LogP contribution in [0.15, 0.2) is 91.0 Å². The maximum atomic E-state index is 12.2. The molecule has 0 aliphatic heterocycles. The maximum absolute atomic E-state index is 12.2. The van der Waals surface area contributed by atoms with Gasteiger partial charge in [-0.1, -0.05) is 91.0 Å². The molecule has 0 fully saturated rings. The largest absolute Gasteiger partial charge is 0.297 e. The second kappa shape index (κ2) is 5.82. The van der Waals surface area contributed by atoms with Gasteiger partial charge in [-0.25, -0.2) is 0 Å². The third-order valence-corrected chi connectivity index (χ3v) is 3.85. The fraction of sp³-hybridized carbons (Fsp3) is 0.0526. The van der Waals surface area contributed by atoms with Gasteiger partial charge in [-0.05, 0) is 0 Å². The molecule has 0 aliphatic rings. The third-order valence-electron chi connectivity index (χ3n) is 3.85. The van der Waals surface area contributed by atoms with Crippen LogP contribution in [-0.4, -0.2) is 4.92 Å². The molecule has 0 bridgehead atoms. The molecule has 3 nitrogen and oxygen atoms in total. The lowest BCUT2D eigenvalue weighted by Gasteiger charge is -2.26. The van der Waals surface area contributed by atoms with Crippen LogP contribution in [0.1, 0.15) is 16.7 Å². The summed E-state index contributed by atoms with van der Waals surface area (Å²) in [6.45, 7) is 0. The molecule has 0 radical (unpaired) electrons. The standard InChI is InChI=1S/C19H15NO2/c21-20(22)19(16-10-4-1-5-11-16,17-12-6-2-7-13-17)18-14-8-3-9-15-18/h1-15H. The average molecular weight is 289 g/mol. The molecule has 22 heavy (non-hydrogen) atoms. The van der Waals surface area contributed by atoms with Gasteiger partial charge in [0.05, 0.1) is 0 Å². The highest BCUT2D eigenvalue weighted by Crippen LogP contribution is 2.39. The van der Waals surface area contributed by atoms with Crippen LogP contribution in [0.3, 0.4) is 0 Å². The van der Waals surface area contributed by atoms with Crippen LogP contribution < -0.4 is 0 Å². The Morgan fingerprint density at radius 3 is 1.09 bits per heavy atom. The lowest BCUT2D eigenvalue weighted by atomic mass is 9.77. The minimum Gasteiger partial charge on any atom is -0.263 e. The van der Waals surface area contributed by atoms with Crippen molar-refractivity contribution < 1.29 is 4.92 Å². The minimum absolute atomic E-state index is 0.201. The lowest BCUT2D eigenvalue weighted by Crippen LogP contribution is -2.38. The van der Waals surface area contributed by atoms with Gasteiger partial charge in [0.15, 0.2) is 0 Å². The summed E-state index contributed by atoms with van der Waals surface area (Å²) in [5.74, 6) is 0. The fourth-order valence-electron chi connectivity index (χ4n) is 2.85. The second-order valence-corrected chi connectivity index (χ2v) is 5.07. The molecule has 0 atom stereocenters. The van der Waals surface area contributed by atoms with Crippen LogP contribution in [0.4, 0.5) is 0 Å². The molecule has 3 aromatic rings. The number of nitrogens with zero attached hydrogens (tertiary/aromatic N) is 1. The van der Waals surface area contributed by atoms with E-state index in [1.165, 1.54) is 0 Å². The molecule has 0 amide bonds. The van der Waals surface area contributed by atoms with Crippen LogP contribution in [-0.2, 0) is 5.54 Å². The Hall–Kier alpha value is -2.94. The highest BCUT2D eigenvalue weighted by Gasteiger charge is 2.48. The van der Waals surface area contributed by atoms with Gasteiger partial charge in [-0.2, -0.15) is 0 Å². The van der Waals surface area contributed by atoms with E-state index >= 15 is 0 Å². The van der Waals surface area contributed by atoms with Gasteiger partial charge in [-0.3, -0.25) is 10.1 Å². The minimum atomic E-state index is -1.40. The molecule has 0 aliphatic carbocycles. The first-order chi connectivity index (χ1) is 10.8. The summed E-state index contributed by atoms with van der Waals surface area (Å²) in [5, 5.41) is 12.2. The Morgan fingerprint density at radius 2 is 0.864 bits per heavy atom. The molecule has 0 spiro atoms. The quantitative estimate of drug-likeness (QED) is 0.409. The van der Waals surface area contributed by atoms with Crippen molar-refractivity contribution in [3.63, 3.8) is 0 Å². The first-order valence-corrected chi connectivity index (χ1v) is 7.07. The van der Waals surface area contributed by atoms with Crippen LogP contribution in [0.25, 0.3) is 0 Å². The number of benzene rings is 3. The smallest absolute Gasteiger partial charge is 0.263 e. The van der Waals surface area contributed by atoms with Crippen molar-refractivity contribution in [2.75, 3.05) is 0 Å². The number of hydrogen-bond acceptors (Lipinski definition) is 2. The summed E-state index contributed by atoms with van der Waals surface area (Å²) in [7, 11) is 0. The van der Waals surface area contributed by atoms with E-state index in [1.54, 1.807) is 0 Å². The Labute approximate surface area is 129 Å². The Kier molecular flexibility index (Phi) is 3.71. The zero-order chi connectivity index (χ0) is 15.4. The third kappa shape index (κ3) is 2.17.